The Bertz CT molecular complexity index is 941. The Kier molecular flexibility index (Phi) is 5.51. The standard InChI is InChI=1S/C20H24N4O2/c1-15(2)13-18(25)21-11-12-23-19-17(9-6-10-22-19)24(20(23)26)14-16-7-4-3-5-8-16/h3-10,15H,11-14H2,1-2H3,(H,21,25). The predicted octanol–water partition coefficient (Wildman–Crippen LogP) is 2.41. The molecule has 136 valence electrons. The van der Waals surface area contributed by atoms with Gasteiger partial charge in [-0.2, -0.15) is 0 Å². The van der Waals surface area contributed by atoms with Crippen LogP contribution < -0.4 is 11.0 Å². The van der Waals surface area contributed by atoms with E-state index in [0.717, 1.165) is 11.1 Å². The summed E-state index contributed by atoms with van der Waals surface area (Å²) in [5.74, 6) is 0.321. The van der Waals surface area contributed by atoms with Crippen molar-refractivity contribution in [3.8, 4) is 0 Å². The number of nitrogens with one attached hydrogen (secondary N) is 1. The van der Waals surface area contributed by atoms with Gasteiger partial charge >= 0.3 is 5.69 Å². The minimum absolute atomic E-state index is 0.00836. The zero-order valence-corrected chi connectivity index (χ0v) is 15.2. The Morgan fingerprint density at radius 1 is 1.12 bits per heavy atom. The number of nitrogens with zero attached hydrogens (tertiary/aromatic N) is 3. The molecule has 1 N–H and O–H groups in total. The Morgan fingerprint density at radius 3 is 2.62 bits per heavy atom. The molecule has 0 fully saturated rings. The molecule has 6 heteroatoms. The lowest BCUT2D eigenvalue weighted by molar-refractivity contribution is -0.121. The largest absolute Gasteiger partial charge is 0.354 e. The van der Waals surface area contributed by atoms with Crippen molar-refractivity contribution in [1.82, 2.24) is 19.4 Å². The van der Waals surface area contributed by atoms with Crippen LogP contribution in [0.5, 0.6) is 0 Å². The summed E-state index contributed by atoms with van der Waals surface area (Å²) in [7, 11) is 0. The Hall–Kier alpha value is -2.89. The van der Waals surface area contributed by atoms with Crippen LogP contribution in [0.2, 0.25) is 0 Å². The number of hydrogen-bond donors (Lipinski definition) is 1. The van der Waals surface area contributed by atoms with Gasteiger partial charge in [-0.3, -0.25) is 13.9 Å². The topological polar surface area (TPSA) is 68.9 Å². The number of benzene rings is 1. The van der Waals surface area contributed by atoms with Gasteiger partial charge in [0.1, 0.15) is 0 Å². The van der Waals surface area contributed by atoms with E-state index in [1.165, 1.54) is 0 Å². The first-order chi connectivity index (χ1) is 12.6. The molecule has 0 bridgehead atoms. The van der Waals surface area contributed by atoms with Crippen molar-refractivity contribution in [1.29, 1.82) is 0 Å². The maximum Gasteiger partial charge on any atom is 0.330 e. The average molecular weight is 352 g/mol. The van der Waals surface area contributed by atoms with Gasteiger partial charge in [0.15, 0.2) is 5.65 Å². The monoisotopic (exact) mass is 352 g/mol. The fourth-order valence-corrected chi connectivity index (χ4v) is 3.02. The lowest BCUT2D eigenvalue weighted by Gasteiger charge is -2.07. The third-order valence-corrected chi connectivity index (χ3v) is 4.21. The number of aromatic nitrogens is 3. The summed E-state index contributed by atoms with van der Waals surface area (Å²) < 4.78 is 3.36. The summed E-state index contributed by atoms with van der Waals surface area (Å²) in [6.45, 7) is 5.31. The quantitative estimate of drug-likeness (QED) is 0.710. The fourth-order valence-electron chi connectivity index (χ4n) is 3.02. The van der Waals surface area contributed by atoms with Gasteiger partial charge in [0.25, 0.3) is 0 Å². The Morgan fingerprint density at radius 2 is 1.88 bits per heavy atom. The van der Waals surface area contributed by atoms with Crippen LogP contribution in [0.4, 0.5) is 0 Å². The molecule has 0 aliphatic heterocycles. The highest BCUT2D eigenvalue weighted by atomic mass is 16.2. The second kappa shape index (κ2) is 7.99. The predicted molar refractivity (Wildman–Crippen MR) is 102 cm³/mol. The van der Waals surface area contributed by atoms with E-state index in [2.05, 4.69) is 10.3 Å². The second-order valence-electron chi connectivity index (χ2n) is 6.80. The first kappa shape index (κ1) is 17.9. The molecule has 1 amide bonds. The van der Waals surface area contributed by atoms with Crippen LogP contribution in [-0.2, 0) is 17.9 Å². The number of carbonyl (C=O) groups is 1. The van der Waals surface area contributed by atoms with Crippen LogP contribution >= 0.6 is 0 Å². The van der Waals surface area contributed by atoms with E-state index in [1.807, 2.05) is 56.3 Å². The third kappa shape index (κ3) is 4.02. The van der Waals surface area contributed by atoms with Gasteiger partial charge in [-0.05, 0) is 23.6 Å². The van der Waals surface area contributed by atoms with Crippen LogP contribution in [0.1, 0.15) is 25.8 Å². The van der Waals surface area contributed by atoms with E-state index in [1.54, 1.807) is 15.3 Å². The van der Waals surface area contributed by atoms with E-state index in [4.69, 9.17) is 0 Å². The van der Waals surface area contributed by atoms with E-state index in [0.29, 0.717) is 37.6 Å². The number of amides is 1. The molecule has 2 heterocycles. The van der Waals surface area contributed by atoms with Gasteiger partial charge in [0.05, 0.1) is 12.1 Å². The Labute approximate surface area is 152 Å². The minimum Gasteiger partial charge on any atom is -0.354 e. The van der Waals surface area contributed by atoms with Crippen molar-refractivity contribution in [2.24, 2.45) is 5.92 Å². The van der Waals surface area contributed by atoms with Crippen molar-refractivity contribution in [2.75, 3.05) is 6.54 Å². The SMILES string of the molecule is CC(C)CC(=O)NCCn1c(=O)n(Cc2ccccc2)c2cccnc21. The highest BCUT2D eigenvalue weighted by Crippen LogP contribution is 2.12. The molecule has 0 aliphatic carbocycles. The van der Waals surface area contributed by atoms with E-state index >= 15 is 0 Å². The number of fused-ring (bicyclic) bond motifs is 1. The van der Waals surface area contributed by atoms with Crippen molar-refractivity contribution in [2.45, 2.75) is 33.4 Å². The molecular formula is C20H24N4O2. The molecule has 0 unspecified atom stereocenters. The molecule has 3 rings (SSSR count). The van der Waals surface area contributed by atoms with Gasteiger partial charge < -0.3 is 5.32 Å². The summed E-state index contributed by atoms with van der Waals surface area (Å²) in [5.41, 5.74) is 2.39. The third-order valence-electron chi connectivity index (χ3n) is 4.21. The summed E-state index contributed by atoms with van der Waals surface area (Å²) in [5, 5.41) is 2.88. The molecule has 2 aromatic heterocycles. The molecule has 1 aromatic carbocycles. The normalized spacial score (nSPS) is 11.2. The van der Waals surface area contributed by atoms with Gasteiger partial charge in [-0.25, -0.2) is 9.78 Å². The first-order valence-corrected chi connectivity index (χ1v) is 8.91. The number of imidazole rings is 1. The maximum absolute atomic E-state index is 12.9. The zero-order chi connectivity index (χ0) is 18.5. The molecule has 0 radical (unpaired) electrons. The lowest BCUT2D eigenvalue weighted by Crippen LogP contribution is -2.32. The van der Waals surface area contributed by atoms with Gasteiger partial charge in [-0.1, -0.05) is 44.2 Å². The second-order valence-corrected chi connectivity index (χ2v) is 6.80. The van der Waals surface area contributed by atoms with Crippen molar-refractivity contribution in [3.05, 3.63) is 64.7 Å². The molecule has 0 spiro atoms. The highest BCUT2D eigenvalue weighted by molar-refractivity contribution is 5.76. The maximum atomic E-state index is 12.9. The fraction of sp³-hybridized carbons (Fsp3) is 0.350. The molecule has 0 aliphatic rings. The molecule has 6 nitrogen and oxygen atoms in total. The van der Waals surface area contributed by atoms with Crippen LogP contribution in [0.25, 0.3) is 11.2 Å². The summed E-state index contributed by atoms with van der Waals surface area (Å²) in [6.07, 6.45) is 2.17. The van der Waals surface area contributed by atoms with Crippen LogP contribution in [0.3, 0.4) is 0 Å². The number of rotatable bonds is 7. The molecular weight excluding hydrogens is 328 g/mol. The number of carbonyl (C=O) groups excluding carboxylic acids is 1. The van der Waals surface area contributed by atoms with Crippen molar-refractivity contribution < 1.29 is 4.79 Å². The van der Waals surface area contributed by atoms with Gasteiger partial charge in [0.2, 0.25) is 5.91 Å². The molecule has 26 heavy (non-hydrogen) atoms. The first-order valence-electron chi connectivity index (χ1n) is 8.91. The number of hydrogen-bond acceptors (Lipinski definition) is 3. The molecule has 0 saturated carbocycles. The number of pyridine rings is 1. The van der Waals surface area contributed by atoms with Crippen molar-refractivity contribution in [3.63, 3.8) is 0 Å². The van der Waals surface area contributed by atoms with Crippen LogP contribution in [-0.4, -0.2) is 26.6 Å². The summed E-state index contributed by atoms with van der Waals surface area (Å²) in [6, 6.07) is 13.6. The van der Waals surface area contributed by atoms with Gasteiger partial charge in [0, 0.05) is 25.7 Å². The average Bonchev–Trinajstić information content (AvgIpc) is 2.88. The molecule has 0 saturated heterocycles. The van der Waals surface area contributed by atoms with E-state index < -0.39 is 0 Å². The van der Waals surface area contributed by atoms with E-state index in [9.17, 15) is 9.59 Å². The molecule has 0 atom stereocenters. The zero-order valence-electron chi connectivity index (χ0n) is 15.2. The Balaban J connectivity index is 1.83. The van der Waals surface area contributed by atoms with Crippen LogP contribution in [0.15, 0.2) is 53.5 Å². The summed E-state index contributed by atoms with van der Waals surface area (Å²) >= 11 is 0. The van der Waals surface area contributed by atoms with E-state index in [-0.39, 0.29) is 11.6 Å². The van der Waals surface area contributed by atoms with Gasteiger partial charge in [-0.15, -0.1) is 0 Å². The minimum atomic E-state index is -0.110. The summed E-state index contributed by atoms with van der Waals surface area (Å²) in [4.78, 5) is 29.1. The smallest absolute Gasteiger partial charge is 0.330 e. The molecule has 3 aromatic rings. The van der Waals surface area contributed by atoms with Crippen molar-refractivity contribution >= 4 is 17.1 Å². The highest BCUT2D eigenvalue weighted by Gasteiger charge is 2.14. The van der Waals surface area contributed by atoms with Crippen LogP contribution in [0, 0.1) is 5.92 Å². The lowest BCUT2D eigenvalue weighted by atomic mass is 10.1.